The first kappa shape index (κ1) is 32.2. The fourth-order valence-electron chi connectivity index (χ4n) is 5.55. The number of nitrogens with one attached hydrogen (secondary N) is 1. The zero-order chi connectivity index (χ0) is 32.1. The number of hydrogen-bond acceptors (Lipinski definition) is 6. The molecule has 236 valence electrons. The first-order chi connectivity index (χ1) is 21.5. The molecule has 4 aromatic carbocycles. The number of aliphatic hydroxyl groups excluding tert-OH is 1. The lowest BCUT2D eigenvalue weighted by Crippen LogP contribution is -2.49. The zero-order valence-corrected chi connectivity index (χ0v) is 27.0. The Morgan fingerprint density at radius 3 is 2.31 bits per heavy atom. The maximum atomic E-state index is 13.8. The van der Waals surface area contributed by atoms with Crippen LogP contribution in [0.1, 0.15) is 35.3 Å². The van der Waals surface area contributed by atoms with E-state index in [0.29, 0.717) is 25.4 Å². The molecule has 0 saturated carbocycles. The standard InChI is InChI=1S/C36H41N3O5S/c1-25-10-17-32(18-11-25)45(42,43)37-31-16-19-34-33(20-31)36(41)39(27(3)24-40)21-26(2)35(44-34)23-38(4)22-28-12-14-30(15-13-28)29-8-6-5-7-9-29/h5-20,26-27,35,37,40H,21-24H2,1-4H3/t26-,27-,35+/m0/s1. The summed E-state index contributed by atoms with van der Waals surface area (Å²) in [6, 6.07) is 29.7. The van der Waals surface area contributed by atoms with Crippen molar-refractivity contribution in [3.05, 3.63) is 114 Å². The minimum absolute atomic E-state index is 0.0428. The van der Waals surface area contributed by atoms with Crippen molar-refractivity contribution in [1.82, 2.24) is 9.80 Å². The summed E-state index contributed by atoms with van der Waals surface area (Å²) < 4.78 is 35.3. The van der Waals surface area contributed by atoms with E-state index >= 15 is 0 Å². The zero-order valence-electron chi connectivity index (χ0n) is 26.2. The lowest BCUT2D eigenvalue weighted by molar-refractivity contribution is 0.0341. The van der Waals surface area contributed by atoms with Gasteiger partial charge in [-0.05, 0) is 67.9 Å². The van der Waals surface area contributed by atoms with Crippen molar-refractivity contribution in [3.8, 4) is 16.9 Å². The van der Waals surface area contributed by atoms with Crippen molar-refractivity contribution in [2.24, 2.45) is 5.92 Å². The largest absolute Gasteiger partial charge is 0.488 e. The average Bonchev–Trinajstić information content (AvgIpc) is 3.03. The Labute approximate surface area is 266 Å². The van der Waals surface area contributed by atoms with Gasteiger partial charge in [-0.25, -0.2) is 8.42 Å². The van der Waals surface area contributed by atoms with Gasteiger partial charge in [-0.3, -0.25) is 14.4 Å². The number of ether oxygens (including phenoxy) is 1. The molecule has 2 N–H and O–H groups in total. The molecule has 9 heteroatoms. The van der Waals surface area contributed by atoms with Gasteiger partial charge in [0.1, 0.15) is 11.9 Å². The Morgan fingerprint density at radius 1 is 0.978 bits per heavy atom. The van der Waals surface area contributed by atoms with Gasteiger partial charge in [-0.1, -0.05) is 79.2 Å². The molecule has 1 aliphatic rings. The number of hydrogen-bond donors (Lipinski definition) is 2. The highest BCUT2D eigenvalue weighted by Crippen LogP contribution is 2.32. The molecule has 0 aromatic heterocycles. The second kappa shape index (κ2) is 13.9. The fraction of sp³-hybridized carbons (Fsp3) is 0.306. The monoisotopic (exact) mass is 627 g/mol. The van der Waals surface area contributed by atoms with Crippen molar-refractivity contribution < 1.29 is 23.1 Å². The van der Waals surface area contributed by atoms with Crippen LogP contribution in [0.3, 0.4) is 0 Å². The van der Waals surface area contributed by atoms with Crippen molar-refractivity contribution >= 4 is 21.6 Å². The number of carbonyl (C=O) groups excluding carboxylic acids is 1. The van der Waals surface area contributed by atoms with Crippen LogP contribution in [-0.4, -0.2) is 68.1 Å². The van der Waals surface area contributed by atoms with Crippen LogP contribution in [0.15, 0.2) is 102 Å². The molecule has 1 amide bonds. The second-order valence-corrected chi connectivity index (χ2v) is 13.7. The molecule has 0 unspecified atom stereocenters. The van der Waals surface area contributed by atoms with Crippen LogP contribution in [0.5, 0.6) is 5.75 Å². The summed E-state index contributed by atoms with van der Waals surface area (Å²) >= 11 is 0. The maximum Gasteiger partial charge on any atom is 0.261 e. The van der Waals surface area contributed by atoms with E-state index in [9.17, 15) is 18.3 Å². The van der Waals surface area contributed by atoms with Gasteiger partial charge >= 0.3 is 0 Å². The summed E-state index contributed by atoms with van der Waals surface area (Å²) in [5.74, 6) is 0.0180. The first-order valence-electron chi connectivity index (χ1n) is 15.2. The molecular weight excluding hydrogens is 586 g/mol. The number of sulfonamides is 1. The summed E-state index contributed by atoms with van der Waals surface area (Å²) in [5, 5.41) is 10.00. The highest BCUT2D eigenvalue weighted by atomic mass is 32.2. The molecule has 0 aliphatic carbocycles. The predicted molar refractivity (Wildman–Crippen MR) is 178 cm³/mol. The van der Waals surface area contributed by atoms with Crippen LogP contribution < -0.4 is 9.46 Å². The molecule has 3 atom stereocenters. The molecule has 0 spiro atoms. The fourth-order valence-corrected chi connectivity index (χ4v) is 6.60. The number of aryl methyl sites for hydroxylation is 1. The van der Waals surface area contributed by atoms with Gasteiger partial charge in [0.25, 0.3) is 15.9 Å². The number of rotatable bonds is 10. The van der Waals surface area contributed by atoms with E-state index in [4.69, 9.17) is 4.74 Å². The van der Waals surface area contributed by atoms with E-state index in [1.807, 2.05) is 39.1 Å². The van der Waals surface area contributed by atoms with E-state index in [0.717, 1.165) is 5.56 Å². The van der Waals surface area contributed by atoms with Gasteiger partial charge in [0, 0.05) is 31.2 Å². The number of benzene rings is 4. The van der Waals surface area contributed by atoms with E-state index in [1.54, 1.807) is 48.2 Å². The average molecular weight is 628 g/mol. The normalized spacial score (nSPS) is 17.6. The lowest BCUT2D eigenvalue weighted by atomic mass is 9.99. The Hall–Kier alpha value is -4.18. The molecule has 4 aromatic rings. The molecule has 5 rings (SSSR count). The van der Waals surface area contributed by atoms with Crippen LogP contribution >= 0.6 is 0 Å². The molecule has 0 saturated heterocycles. The van der Waals surface area contributed by atoms with Crippen LogP contribution in [-0.2, 0) is 16.6 Å². The summed E-state index contributed by atoms with van der Waals surface area (Å²) in [7, 11) is -1.83. The highest BCUT2D eigenvalue weighted by Gasteiger charge is 2.33. The van der Waals surface area contributed by atoms with Gasteiger partial charge in [0.2, 0.25) is 0 Å². The molecule has 0 radical (unpaired) electrons. The van der Waals surface area contributed by atoms with E-state index < -0.39 is 16.1 Å². The number of likely N-dealkylation sites (N-methyl/N-ethyl adjacent to an activating group) is 1. The predicted octanol–water partition coefficient (Wildman–Crippen LogP) is 5.81. The van der Waals surface area contributed by atoms with Crippen LogP contribution in [0.25, 0.3) is 11.1 Å². The van der Waals surface area contributed by atoms with Gasteiger partial charge in [0.05, 0.1) is 23.1 Å². The Kier molecular flexibility index (Phi) is 9.92. The molecule has 0 bridgehead atoms. The molecule has 8 nitrogen and oxygen atoms in total. The lowest BCUT2D eigenvalue weighted by Gasteiger charge is -2.38. The molecule has 0 fully saturated rings. The number of aliphatic hydroxyl groups is 1. The van der Waals surface area contributed by atoms with E-state index in [1.165, 1.54) is 22.8 Å². The third-order valence-corrected chi connectivity index (χ3v) is 9.65. The Morgan fingerprint density at radius 2 is 1.64 bits per heavy atom. The third kappa shape index (κ3) is 7.73. The number of anilines is 1. The third-order valence-electron chi connectivity index (χ3n) is 8.25. The van der Waals surface area contributed by atoms with Gasteiger partial charge in [-0.15, -0.1) is 0 Å². The molecular formula is C36H41N3O5S. The van der Waals surface area contributed by atoms with E-state index in [2.05, 4.69) is 46.0 Å². The molecule has 1 heterocycles. The summed E-state index contributed by atoms with van der Waals surface area (Å²) in [5.41, 5.74) is 4.96. The van der Waals surface area contributed by atoms with Crippen molar-refractivity contribution in [2.45, 2.75) is 44.4 Å². The molecule has 1 aliphatic heterocycles. The first-order valence-corrected chi connectivity index (χ1v) is 16.7. The van der Waals surface area contributed by atoms with Gasteiger partial charge in [0.15, 0.2) is 0 Å². The van der Waals surface area contributed by atoms with Gasteiger partial charge in [-0.2, -0.15) is 0 Å². The summed E-state index contributed by atoms with van der Waals surface area (Å²) in [6.07, 6.45) is -0.270. The summed E-state index contributed by atoms with van der Waals surface area (Å²) in [4.78, 5) is 17.8. The smallest absolute Gasteiger partial charge is 0.261 e. The van der Waals surface area contributed by atoms with E-state index in [-0.39, 0.29) is 40.7 Å². The quantitative estimate of drug-likeness (QED) is 0.230. The van der Waals surface area contributed by atoms with Crippen molar-refractivity contribution in [2.75, 3.05) is 31.5 Å². The maximum absolute atomic E-state index is 13.8. The second-order valence-electron chi connectivity index (χ2n) is 12.0. The Bertz CT molecular complexity index is 1710. The summed E-state index contributed by atoms with van der Waals surface area (Å²) in [6.45, 7) is 7.23. The number of carbonyl (C=O) groups is 1. The number of nitrogens with zero attached hydrogens (tertiary/aromatic N) is 2. The topological polar surface area (TPSA) is 99.2 Å². The van der Waals surface area contributed by atoms with Gasteiger partial charge < -0.3 is 14.7 Å². The molecule has 45 heavy (non-hydrogen) atoms. The highest BCUT2D eigenvalue weighted by molar-refractivity contribution is 7.92. The van der Waals surface area contributed by atoms with Crippen molar-refractivity contribution in [3.63, 3.8) is 0 Å². The number of fused-ring (bicyclic) bond motifs is 1. The SMILES string of the molecule is Cc1ccc(S(=O)(=O)Nc2ccc3c(c2)C(=O)N([C@@H](C)CO)C[C@H](C)[C@@H](CN(C)Cc2ccc(-c4ccccc4)cc2)O3)cc1. The van der Waals surface area contributed by atoms with Crippen molar-refractivity contribution in [1.29, 1.82) is 0 Å². The van der Waals surface area contributed by atoms with Crippen LogP contribution in [0, 0.1) is 12.8 Å². The minimum Gasteiger partial charge on any atom is -0.488 e. The van der Waals surface area contributed by atoms with Crippen LogP contribution in [0.2, 0.25) is 0 Å². The van der Waals surface area contributed by atoms with Crippen LogP contribution in [0.4, 0.5) is 5.69 Å². The minimum atomic E-state index is -3.87. The number of amides is 1. The Balaban J connectivity index is 1.36.